The van der Waals surface area contributed by atoms with Crippen molar-refractivity contribution in [1.29, 1.82) is 0 Å². The third-order valence-electron chi connectivity index (χ3n) is 4.71. The number of benzene rings is 1. The molecule has 0 amide bonds. The summed E-state index contributed by atoms with van der Waals surface area (Å²) in [5.41, 5.74) is 6.58. The Morgan fingerprint density at radius 1 is 1.06 bits per heavy atom. The van der Waals surface area contributed by atoms with Gasteiger partial charge in [-0.2, -0.15) is 31.3 Å². The first kappa shape index (κ1) is 28.6. The summed E-state index contributed by atoms with van der Waals surface area (Å²) in [4.78, 5) is 14.7. The summed E-state index contributed by atoms with van der Waals surface area (Å²) in [5.74, 6) is -0.0408. The maximum atomic E-state index is 12.8. The first-order valence-corrected chi connectivity index (χ1v) is 14.6. The zero-order valence-electron chi connectivity index (χ0n) is 19.0. The van der Waals surface area contributed by atoms with Crippen LogP contribution in [0.15, 0.2) is 45.4 Å². The zero-order valence-corrected chi connectivity index (χ0v) is 21.5. The maximum absolute atomic E-state index is 12.8. The van der Waals surface area contributed by atoms with E-state index in [1.807, 2.05) is 30.5 Å². The highest BCUT2D eigenvalue weighted by Gasteiger charge is 2.46. The molecule has 0 spiro atoms. The molecule has 0 aliphatic carbocycles. The molecule has 1 aromatic carbocycles. The van der Waals surface area contributed by atoms with Crippen molar-refractivity contribution in [3.05, 3.63) is 30.6 Å². The Bertz CT molecular complexity index is 1220. The van der Waals surface area contributed by atoms with E-state index in [1.165, 1.54) is 29.6 Å². The van der Waals surface area contributed by atoms with Crippen LogP contribution in [-0.4, -0.2) is 62.9 Å². The Kier molecular flexibility index (Phi) is 8.90. The number of fused-ring (bicyclic) bond motifs is 1. The number of aromatic nitrogens is 4. The molecule has 2 N–H and O–H groups in total. The van der Waals surface area contributed by atoms with Gasteiger partial charge in [-0.1, -0.05) is 11.8 Å². The highest BCUT2D eigenvalue weighted by atomic mass is 32.2. The van der Waals surface area contributed by atoms with Crippen LogP contribution in [0, 0.1) is 0 Å². The molecule has 1 atom stereocenters. The third-order valence-corrected chi connectivity index (χ3v) is 8.92. The lowest BCUT2D eigenvalue weighted by Gasteiger charge is -2.23. The molecule has 198 valence electrons. The van der Waals surface area contributed by atoms with Gasteiger partial charge in [-0.15, -0.1) is 11.8 Å². The van der Waals surface area contributed by atoms with E-state index in [1.54, 1.807) is 11.8 Å². The van der Waals surface area contributed by atoms with Crippen LogP contribution in [0.3, 0.4) is 0 Å². The minimum absolute atomic E-state index is 0.0302. The van der Waals surface area contributed by atoms with E-state index < -0.39 is 44.3 Å². The number of nitrogen functional groups attached to an aromatic ring is 1. The van der Waals surface area contributed by atoms with Crippen LogP contribution in [0.25, 0.3) is 11.2 Å². The lowest BCUT2D eigenvalue weighted by Crippen LogP contribution is -2.26. The van der Waals surface area contributed by atoms with Crippen LogP contribution in [0.5, 0.6) is 0 Å². The Labute approximate surface area is 211 Å². The van der Waals surface area contributed by atoms with Gasteiger partial charge in [-0.25, -0.2) is 9.97 Å². The molecule has 36 heavy (non-hydrogen) atoms. The van der Waals surface area contributed by atoms with Gasteiger partial charge in [-0.3, -0.25) is 0 Å². The van der Waals surface area contributed by atoms with Gasteiger partial charge in [-0.05, 0) is 37.4 Å². The molecule has 0 fully saturated rings. The number of nitrogens with two attached hydrogens (primary N) is 1. The number of imidazole rings is 1. The van der Waals surface area contributed by atoms with Gasteiger partial charge in [0.05, 0.1) is 31.3 Å². The zero-order chi connectivity index (χ0) is 26.7. The number of rotatable bonds is 10. The summed E-state index contributed by atoms with van der Waals surface area (Å²) >= 11 is 2.91. The first-order chi connectivity index (χ1) is 16.7. The Hall–Kier alpha value is -1.96. The van der Waals surface area contributed by atoms with E-state index in [0.29, 0.717) is 16.2 Å². The fraction of sp³-hybridized carbons (Fsp3) is 0.450. The number of halogens is 6. The molecule has 0 aliphatic heterocycles. The SMILES string of the molecule is CSc1ccc(Sc2nc(N)nc3c2ncn3CC(C)OCP(=O)(CC(F)(F)F)CC(F)(F)F)cc1. The summed E-state index contributed by atoms with van der Waals surface area (Å²) in [6, 6.07) is 7.72. The fourth-order valence-electron chi connectivity index (χ4n) is 3.29. The van der Waals surface area contributed by atoms with Gasteiger partial charge in [0.2, 0.25) is 5.95 Å². The maximum Gasteiger partial charge on any atom is 0.395 e. The van der Waals surface area contributed by atoms with Gasteiger partial charge >= 0.3 is 12.4 Å². The number of nitrogens with zero attached hydrogens (tertiary/aromatic N) is 4. The number of thioether (sulfide) groups is 1. The van der Waals surface area contributed by atoms with E-state index in [0.717, 1.165) is 9.79 Å². The smallest absolute Gasteiger partial charge is 0.369 e. The monoisotopic (exact) mass is 573 g/mol. The molecular formula is C20H22F6N5O2PS2. The second-order valence-electron chi connectivity index (χ2n) is 7.94. The fourth-order valence-corrected chi connectivity index (χ4v) is 6.70. The van der Waals surface area contributed by atoms with Crippen LogP contribution in [-0.2, 0) is 15.8 Å². The average molecular weight is 574 g/mol. The normalized spacial score (nSPS) is 13.9. The van der Waals surface area contributed by atoms with Crippen LogP contribution in [0.1, 0.15) is 6.92 Å². The van der Waals surface area contributed by atoms with E-state index in [4.69, 9.17) is 10.5 Å². The Morgan fingerprint density at radius 3 is 2.19 bits per heavy atom. The number of alkyl halides is 6. The molecule has 7 nitrogen and oxygen atoms in total. The predicted octanol–water partition coefficient (Wildman–Crippen LogP) is 6.13. The summed E-state index contributed by atoms with van der Waals surface area (Å²) in [6.45, 7) is 1.41. The number of hydrogen-bond acceptors (Lipinski definition) is 8. The molecule has 0 radical (unpaired) electrons. The molecule has 0 saturated heterocycles. The number of hydrogen-bond donors (Lipinski definition) is 1. The van der Waals surface area contributed by atoms with Crippen molar-refractivity contribution in [2.24, 2.45) is 0 Å². The molecule has 3 aromatic rings. The second kappa shape index (κ2) is 11.2. The molecule has 0 saturated carbocycles. The van der Waals surface area contributed by atoms with Crippen LogP contribution in [0.2, 0.25) is 0 Å². The predicted molar refractivity (Wildman–Crippen MR) is 127 cm³/mol. The lowest BCUT2D eigenvalue weighted by atomic mass is 10.4. The van der Waals surface area contributed by atoms with Crippen molar-refractivity contribution in [3.8, 4) is 0 Å². The average Bonchev–Trinajstić information content (AvgIpc) is 3.13. The van der Waals surface area contributed by atoms with Gasteiger partial charge in [0.25, 0.3) is 0 Å². The first-order valence-electron chi connectivity index (χ1n) is 10.3. The quantitative estimate of drug-likeness (QED) is 0.134. The van der Waals surface area contributed by atoms with Crippen LogP contribution in [0.4, 0.5) is 32.3 Å². The number of ether oxygens (including phenoxy) is 1. The van der Waals surface area contributed by atoms with Crippen LogP contribution < -0.4 is 5.73 Å². The van der Waals surface area contributed by atoms with Crippen molar-refractivity contribution in [2.75, 3.05) is 30.7 Å². The molecule has 0 aliphatic rings. The second-order valence-corrected chi connectivity index (χ2v) is 12.9. The van der Waals surface area contributed by atoms with Crippen molar-refractivity contribution < 1.29 is 35.6 Å². The third kappa shape index (κ3) is 8.29. The van der Waals surface area contributed by atoms with Crippen molar-refractivity contribution in [1.82, 2.24) is 19.5 Å². The summed E-state index contributed by atoms with van der Waals surface area (Å²) in [5, 5.41) is 0.474. The largest absolute Gasteiger partial charge is 0.395 e. The van der Waals surface area contributed by atoms with E-state index in [-0.39, 0.29) is 12.5 Å². The van der Waals surface area contributed by atoms with E-state index in [2.05, 4.69) is 15.0 Å². The van der Waals surface area contributed by atoms with E-state index in [9.17, 15) is 30.9 Å². The minimum Gasteiger partial charge on any atom is -0.369 e. The molecule has 3 rings (SSSR count). The Balaban J connectivity index is 1.75. The van der Waals surface area contributed by atoms with Crippen molar-refractivity contribution >= 4 is 47.8 Å². The molecule has 0 bridgehead atoms. The Morgan fingerprint density at radius 2 is 1.64 bits per heavy atom. The standard InChI is InChI=1S/C20H22F6N5O2PS2/c1-12(33-11-34(32,8-19(21,22)23)9-20(24,25)26)7-31-10-28-15-16(31)29-18(27)30-17(15)36-14-5-3-13(35-2)4-6-14/h3-6,10,12H,7-9,11H2,1-2H3,(H2,27,29,30). The van der Waals surface area contributed by atoms with Gasteiger partial charge in [0.1, 0.15) is 24.0 Å². The molecular weight excluding hydrogens is 551 g/mol. The highest BCUT2D eigenvalue weighted by Crippen LogP contribution is 2.53. The molecule has 1 unspecified atom stereocenters. The molecule has 2 aromatic heterocycles. The van der Waals surface area contributed by atoms with Gasteiger partial charge in [0, 0.05) is 9.79 Å². The van der Waals surface area contributed by atoms with Gasteiger partial charge < -0.3 is 19.6 Å². The number of anilines is 1. The summed E-state index contributed by atoms with van der Waals surface area (Å²) in [6.07, 6.45) is -12.9. The summed E-state index contributed by atoms with van der Waals surface area (Å²) in [7, 11) is -4.76. The topological polar surface area (TPSA) is 95.9 Å². The summed E-state index contributed by atoms with van der Waals surface area (Å²) < 4.78 is 95.7. The van der Waals surface area contributed by atoms with Crippen molar-refractivity contribution in [2.45, 2.75) is 46.7 Å². The highest BCUT2D eigenvalue weighted by molar-refractivity contribution is 7.99. The van der Waals surface area contributed by atoms with Crippen molar-refractivity contribution in [3.63, 3.8) is 0 Å². The lowest BCUT2D eigenvalue weighted by molar-refractivity contribution is -0.113. The molecule has 16 heteroatoms. The van der Waals surface area contributed by atoms with E-state index >= 15 is 0 Å². The van der Waals surface area contributed by atoms with Crippen LogP contribution >= 0.6 is 30.7 Å². The molecule has 2 heterocycles. The van der Waals surface area contributed by atoms with Gasteiger partial charge in [0.15, 0.2) is 5.65 Å². The minimum atomic E-state index is -5.02.